The van der Waals surface area contributed by atoms with Gasteiger partial charge in [0.05, 0.1) is 17.4 Å². The van der Waals surface area contributed by atoms with Gasteiger partial charge >= 0.3 is 0 Å². The summed E-state index contributed by atoms with van der Waals surface area (Å²) in [6.45, 7) is 2.83. The van der Waals surface area contributed by atoms with Crippen molar-refractivity contribution >= 4 is 58.2 Å². The van der Waals surface area contributed by atoms with E-state index in [-0.39, 0.29) is 23.9 Å². The quantitative estimate of drug-likeness (QED) is 0.231. The molecule has 4 unspecified atom stereocenters. The number of benzene rings is 4. The Kier molecular flexibility index (Phi) is 6.99. The second kappa shape index (κ2) is 10.7. The monoisotopic (exact) mass is 611 g/mol. The topological polar surface area (TPSA) is 35.9 Å². The highest BCUT2D eigenvalue weighted by molar-refractivity contribution is 6.31. The van der Waals surface area contributed by atoms with Gasteiger partial charge in [0.25, 0.3) is 5.91 Å². The van der Waals surface area contributed by atoms with Gasteiger partial charge in [-0.15, -0.1) is 0 Å². The van der Waals surface area contributed by atoms with Gasteiger partial charge in [0, 0.05) is 33.6 Å². The minimum absolute atomic E-state index is 0.0125. The average Bonchev–Trinajstić information content (AvgIpc) is 3.63. The summed E-state index contributed by atoms with van der Waals surface area (Å²) in [7, 11) is 0. The number of hydrogen-bond donors (Lipinski definition) is 0. The first kappa shape index (κ1) is 27.4. The number of anilines is 1. The summed E-state index contributed by atoms with van der Waals surface area (Å²) in [6, 6.07) is 33.3. The molecule has 0 aliphatic carbocycles. The number of nitrogens with zero attached hydrogens (tertiary/aromatic N) is 3. The Morgan fingerprint density at radius 3 is 1.98 bits per heavy atom. The summed E-state index contributed by atoms with van der Waals surface area (Å²) in [5.41, 5.74) is 5.07. The number of hydrazone groups is 1. The molecule has 4 nitrogen and oxygen atoms in total. The molecule has 0 saturated carbocycles. The lowest BCUT2D eigenvalue weighted by Crippen LogP contribution is -2.50. The van der Waals surface area contributed by atoms with Crippen LogP contribution in [0.25, 0.3) is 6.08 Å². The molecule has 3 aliphatic heterocycles. The molecular weight excluding hydrogens is 585 g/mol. The fraction of sp³-hybridized carbons (Fsp3) is 0.200. The van der Waals surface area contributed by atoms with Crippen LogP contribution in [0.4, 0.5) is 5.69 Å². The van der Waals surface area contributed by atoms with Crippen molar-refractivity contribution in [1.29, 1.82) is 0 Å². The lowest BCUT2D eigenvalue weighted by atomic mass is 9.63. The van der Waals surface area contributed by atoms with Crippen molar-refractivity contribution in [3.8, 4) is 0 Å². The molecule has 42 heavy (non-hydrogen) atoms. The zero-order chi connectivity index (χ0) is 29.0. The van der Waals surface area contributed by atoms with Crippen LogP contribution < -0.4 is 5.01 Å². The van der Waals surface area contributed by atoms with Crippen LogP contribution in [0.1, 0.15) is 42.0 Å². The summed E-state index contributed by atoms with van der Waals surface area (Å²) in [6.07, 6.45) is 3.08. The maximum absolute atomic E-state index is 15.1. The Balaban J connectivity index is 1.48. The number of para-hydroxylation sites is 1. The molecule has 2 fully saturated rings. The molecule has 4 aromatic carbocycles. The largest absolute Gasteiger partial charge is 0.287 e. The van der Waals surface area contributed by atoms with E-state index < -0.39 is 5.41 Å². The Hall–Kier alpha value is -3.41. The predicted octanol–water partition coefficient (Wildman–Crippen LogP) is 9.05. The number of halogens is 3. The van der Waals surface area contributed by atoms with E-state index in [0.29, 0.717) is 15.1 Å². The first-order chi connectivity index (χ1) is 20.4. The summed E-state index contributed by atoms with van der Waals surface area (Å²) in [5.74, 6) is -0.235. The van der Waals surface area contributed by atoms with Crippen LogP contribution in [-0.4, -0.2) is 29.1 Å². The van der Waals surface area contributed by atoms with Gasteiger partial charge in [-0.25, -0.2) is 0 Å². The molecule has 3 aliphatic rings. The molecule has 2 saturated heterocycles. The SMILES string of the molecule is CC1=NN(c2ccccc2)C(=O)C12C(c1ccc(Cl)cc1)C(c1ccc(Cl)cc1)N1CC/C(=C\c3ccc(Cl)cc3)C12. The first-order valence-corrected chi connectivity index (χ1v) is 15.2. The molecular formula is C35H28Cl3N3O. The molecule has 4 atom stereocenters. The van der Waals surface area contributed by atoms with Crippen LogP contribution in [0.2, 0.25) is 15.1 Å². The Morgan fingerprint density at radius 2 is 1.36 bits per heavy atom. The zero-order valence-corrected chi connectivity index (χ0v) is 25.2. The van der Waals surface area contributed by atoms with Crippen molar-refractivity contribution in [3.05, 3.63) is 140 Å². The standard InChI is InChI=1S/C35H28Cl3N3O/c1-22-35(34(42)41(39-22)30-5-3-2-4-6-30)31(24-9-15-28(37)16-10-24)32(25-11-17-29(38)18-12-25)40-20-19-26(33(35)40)21-23-7-13-27(36)14-8-23/h2-18,21,31-33H,19-20H2,1H3/b26-21+. The fourth-order valence-electron chi connectivity index (χ4n) is 7.31. The lowest BCUT2D eigenvalue weighted by molar-refractivity contribution is -0.124. The van der Waals surface area contributed by atoms with Crippen molar-refractivity contribution in [2.75, 3.05) is 11.6 Å². The number of carbonyl (C=O) groups is 1. The van der Waals surface area contributed by atoms with E-state index in [2.05, 4.69) is 35.2 Å². The molecule has 0 aromatic heterocycles. The van der Waals surface area contributed by atoms with Crippen LogP contribution in [0.15, 0.2) is 114 Å². The Bertz CT molecular complexity index is 1700. The summed E-state index contributed by atoms with van der Waals surface area (Å²) in [4.78, 5) is 17.6. The highest BCUT2D eigenvalue weighted by Gasteiger charge is 2.70. The van der Waals surface area contributed by atoms with E-state index in [4.69, 9.17) is 39.9 Å². The van der Waals surface area contributed by atoms with Gasteiger partial charge in [0.1, 0.15) is 5.41 Å². The Morgan fingerprint density at radius 1 is 0.786 bits per heavy atom. The van der Waals surface area contributed by atoms with Gasteiger partial charge in [-0.1, -0.05) is 95.5 Å². The van der Waals surface area contributed by atoms with E-state index in [1.807, 2.05) is 85.8 Å². The summed E-state index contributed by atoms with van der Waals surface area (Å²) in [5, 5.41) is 8.65. The van der Waals surface area contributed by atoms with E-state index in [1.165, 1.54) is 5.57 Å². The zero-order valence-electron chi connectivity index (χ0n) is 22.9. The molecule has 1 amide bonds. The highest BCUT2D eigenvalue weighted by atomic mass is 35.5. The number of amides is 1. The van der Waals surface area contributed by atoms with Crippen molar-refractivity contribution in [1.82, 2.24) is 4.90 Å². The summed E-state index contributed by atoms with van der Waals surface area (Å²) < 4.78 is 0. The van der Waals surface area contributed by atoms with E-state index in [1.54, 1.807) is 5.01 Å². The third kappa shape index (κ3) is 4.32. The van der Waals surface area contributed by atoms with Crippen LogP contribution in [-0.2, 0) is 4.79 Å². The second-order valence-electron chi connectivity index (χ2n) is 11.2. The maximum atomic E-state index is 15.1. The average molecular weight is 613 g/mol. The van der Waals surface area contributed by atoms with Crippen molar-refractivity contribution < 1.29 is 4.79 Å². The number of rotatable bonds is 4. The molecule has 1 spiro atoms. The van der Waals surface area contributed by atoms with Crippen molar-refractivity contribution in [2.45, 2.75) is 31.3 Å². The highest BCUT2D eigenvalue weighted by Crippen LogP contribution is 2.64. The normalized spacial score (nSPS) is 26.3. The second-order valence-corrected chi connectivity index (χ2v) is 12.5. The molecule has 0 N–H and O–H groups in total. The van der Waals surface area contributed by atoms with E-state index in [9.17, 15) is 0 Å². The fourth-order valence-corrected chi connectivity index (χ4v) is 7.69. The van der Waals surface area contributed by atoms with Crippen molar-refractivity contribution in [2.24, 2.45) is 10.5 Å². The van der Waals surface area contributed by atoms with Gasteiger partial charge in [0.2, 0.25) is 0 Å². The number of hydrogen-bond acceptors (Lipinski definition) is 3. The molecule has 0 bridgehead atoms. The van der Waals surface area contributed by atoms with Gasteiger partial charge in [0.15, 0.2) is 0 Å². The van der Waals surface area contributed by atoms with Gasteiger partial charge < -0.3 is 0 Å². The van der Waals surface area contributed by atoms with Crippen LogP contribution in [0.3, 0.4) is 0 Å². The van der Waals surface area contributed by atoms with Gasteiger partial charge in [-0.2, -0.15) is 10.1 Å². The maximum Gasteiger partial charge on any atom is 0.262 e. The van der Waals surface area contributed by atoms with Gasteiger partial charge in [-0.3, -0.25) is 9.69 Å². The Labute approximate surface area is 260 Å². The van der Waals surface area contributed by atoms with Crippen LogP contribution >= 0.6 is 34.8 Å². The predicted molar refractivity (Wildman–Crippen MR) is 172 cm³/mol. The lowest BCUT2D eigenvalue weighted by Gasteiger charge is -2.36. The third-order valence-corrected chi connectivity index (χ3v) is 9.75. The number of carbonyl (C=O) groups excluding carboxylic acids is 1. The third-order valence-electron chi connectivity index (χ3n) is 8.99. The van der Waals surface area contributed by atoms with Crippen LogP contribution in [0, 0.1) is 5.41 Å². The number of fused-ring (bicyclic) bond motifs is 2. The molecule has 7 rings (SSSR count). The van der Waals surface area contributed by atoms with E-state index >= 15 is 4.79 Å². The van der Waals surface area contributed by atoms with E-state index in [0.717, 1.165) is 41.1 Å². The molecule has 4 aromatic rings. The first-order valence-electron chi connectivity index (χ1n) is 14.1. The van der Waals surface area contributed by atoms with Crippen LogP contribution in [0.5, 0.6) is 0 Å². The van der Waals surface area contributed by atoms with Crippen molar-refractivity contribution in [3.63, 3.8) is 0 Å². The molecule has 3 heterocycles. The molecule has 0 radical (unpaired) electrons. The van der Waals surface area contributed by atoms with Gasteiger partial charge in [-0.05, 0) is 84.1 Å². The molecule has 210 valence electrons. The minimum atomic E-state index is -0.942. The molecule has 7 heteroatoms. The minimum Gasteiger partial charge on any atom is -0.287 e. The smallest absolute Gasteiger partial charge is 0.262 e. The summed E-state index contributed by atoms with van der Waals surface area (Å²) >= 11 is 18.9.